The molecule has 1 atom stereocenters. The van der Waals surface area contributed by atoms with E-state index in [0.717, 1.165) is 31.6 Å². The van der Waals surface area contributed by atoms with Crippen LogP contribution in [0.1, 0.15) is 44.5 Å². The maximum Gasteiger partial charge on any atom is 0.327 e. The number of imidazole rings is 1. The summed E-state index contributed by atoms with van der Waals surface area (Å²) in [7, 11) is 0. The van der Waals surface area contributed by atoms with Crippen LogP contribution >= 0.6 is 0 Å². The molecule has 1 N–H and O–H groups in total. The first kappa shape index (κ1) is 12.1. The van der Waals surface area contributed by atoms with Crippen molar-refractivity contribution in [1.82, 2.24) is 14.5 Å². The van der Waals surface area contributed by atoms with Gasteiger partial charge in [-0.15, -0.1) is 0 Å². The van der Waals surface area contributed by atoms with Crippen molar-refractivity contribution in [1.29, 1.82) is 0 Å². The van der Waals surface area contributed by atoms with Crippen LogP contribution in [-0.4, -0.2) is 38.6 Å². The van der Waals surface area contributed by atoms with E-state index in [1.165, 1.54) is 0 Å². The molecule has 0 amide bonds. The standard InChI is InChI=1S/C12H19N3O2/c1-9(2)15-8-13-7-10(15)11(12(16)17)14-5-3-4-6-14/h7-9,11H,3-6H2,1-2H3,(H,16,17). The molecule has 1 unspecified atom stereocenters. The monoisotopic (exact) mass is 237 g/mol. The third kappa shape index (κ3) is 2.34. The van der Waals surface area contributed by atoms with E-state index in [-0.39, 0.29) is 6.04 Å². The number of carboxylic acid groups (broad SMARTS) is 1. The molecule has 1 fully saturated rings. The first-order valence-electron chi connectivity index (χ1n) is 6.10. The van der Waals surface area contributed by atoms with E-state index in [1.54, 1.807) is 12.5 Å². The molecule has 1 saturated heterocycles. The minimum Gasteiger partial charge on any atom is -0.480 e. The van der Waals surface area contributed by atoms with Crippen molar-refractivity contribution in [3.63, 3.8) is 0 Å². The molecule has 1 aliphatic rings. The normalized spacial score (nSPS) is 18.8. The van der Waals surface area contributed by atoms with Gasteiger partial charge in [-0.3, -0.25) is 9.69 Å². The molecule has 5 heteroatoms. The van der Waals surface area contributed by atoms with Gasteiger partial charge in [-0.25, -0.2) is 4.98 Å². The Labute approximate surface area is 101 Å². The summed E-state index contributed by atoms with van der Waals surface area (Å²) in [6, 6.07) is -0.320. The summed E-state index contributed by atoms with van der Waals surface area (Å²) >= 11 is 0. The van der Waals surface area contributed by atoms with Gasteiger partial charge in [0, 0.05) is 6.04 Å². The molecule has 2 rings (SSSR count). The highest BCUT2D eigenvalue weighted by Gasteiger charge is 2.32. The summed E-state index contributed by atoms with van der Waals surface area (Å²) in [4.78, 5) is 17.6. The van der Waals surface area contributed by atoms with Crippen LogP contribution in [-0.2, 0) is 4.79 Å². The molecule has 17 heavy (non-hydrogen) atoms. The molecule has 0 saturated carbocycles. The van der Waals surface area contributed by atoms with Crippen LogP contribution in [0.4, 0.5) is 0 Å². The number of nitrogens with zero attached hydrogens (tertiary/aromatic N) is 3. The number of aromatic nitrogens is 2. The fourth-order valence-corrected chi connectivity index (χ4v) is 2.43. The molecule has 0 aromatic carbocycles. The molecular weight excluding hydrogens is 218 g/mol. The van der Waals surface area contributed by atoms with E-state index in [4.69, 9.17) is 0 Å². The van der Waals surface area contributed by atoms with Crippen LogP contribution in [0.15, 0.2) is 12.5 Å². The highest BCUT2D eigenvalue weighted by molar-refractivity contribution is 5.75. The van der Waals surface area contributed by atoms with Gasteiger partial charge in [0.2, 0.25) is 0 Å². The van der Waals surface area contributed by atoms with Gasteiger partial charge >= 0.3 is 5.97 Å². The van der Waals surface area contributed by atoms with Crippen LogP contribution in [0.2, 0.25) is 0 Å². The second kappa shape index (κ2) is 4.87. The number of hydrogen-bond donors (Lipinski definition) is 1. The molecule has 1 aromatic rings. The lowest BCUT2D eigenvalue weighted by molar-refractivity contribution is -0.143. The second-order valence-corrected chi connectivity index (χ2v) is 4.80. The molecule has 1 aromatic heterocycles. The van der Waals surface area contributed by atoms with Crippen molar-refractivity contribution in [2.24, 2.45) is 0 Å². The molecule has 94 valence electrons. The second-order valence-electron chi connectivity index (χ2n) is 4.80. The smallest absolute Gasteiger partial charge is 0.327 e. The summed E-state index contributed by atoms with van der Waals surface area (Å²) in [5, 5.41) is 9.43. The Morgan fingerprint density at radius 1 is 1.41 bits per heavy atom. The Morgan fingerprint density at radius 3 is 2.59 bits per heavy atom. The summed E-state index contributed by atoms with van der Waals surface area (Å²) in [6.45, 7) is 5.79. The molecule has 0 radical (unpaired) electrons. The Balaban J connectivity index is 2.31. The van der Waals surface area contributed by atoms with Crippen molar-refractivity contribution >= 4 is 5.97 Å². The highest BCUT2D eigenvalue weighted by Crippen LogP contribution is 2.26. The fourth-order valence-electron chi connectivity index (χ4n) is 2.43. The van der Waals surface area contributed by atoms with E-state index in [1.807, 2.05) is 23.3 Å². The molecule has 0 spiro atoms. The lowest BCUT2D eigenvalue weighted by Crippen LogP contribution is -2.33. The lowest BCUT2D eigenvalue weighted by Gasteiger charge is -2.25. The van der Waals surface area contributed by atoms with Gasteiger partial charge in [-0.05, 0) is 39.8 Å². The Kier molecular flexibility index (Phi) is 3.47. The number of carbonyl (C=O) groups is 1. The average Bonchev–Trinajstić information content (AvgIpc) is 2.87. The van der Waals surface area contributed by atoms with Crippen LogP contribution in [0.5, 0.6) is 0 Å². The zero-order valence-corrected chi connectivity index (χ0v) is 10.3. The largest absolute Gasteiger partial charge is 0.480 e. The minimum absolute atomic E-state index is 0.233. The predicted octanol–water partition coefficient (Wildman–Crippen LogP) is 1.69. The number of carboxylic acids is 1. The van der Waals surface area contributed by atoms with Crippen molar-refractivity contribution in [2.75, 3.05) is 13.1 Å². The maximum atomic E-state index is 11.5. The number of rotatable bonds is 4. The number of likely N-dealkylation sites (tertiary alicyclic amines) is 1. The van der Waals surface area contributed by atoms with Gasteiger partial charge in [0.1, 0.15) is 0 Å². The lowest BCUT2D eigenvalue weighted by atomic mass is 10.2. The third-order valence-corrected chi connectivity index (χ3v) is 3.27. The van der Waals surface area contributed by atoms with E-state index >= 15 is 0 Å². The highest BCUT2D eigenvalue weighted by atomic mass is 16.4. The van der Waals surface area contributed by atoms with Crippen LogP contribution in [0.25, 0.3) is 0 Å². The molecule has 1 aliphatic heterocycles. The van der Waals surface area contributed by atoms with Gasteiger partial charge in [-0.1, -0.05) is 0 Å². The fraction of sp³-hybridized carbons (Fsp3) is 0.667. The first-order chi connectivity index (χ1) is 8.11. The number of hydrogen-bond acceptors (Lipinski definition) is 3. The maximum absolute atomic E-state index is 11.5. The molecule has 5 nitrogen and oxygen atoms in total. The van der Waals surface area contributed by atoms with Gasteiger partial charge in [0.05, 0.1) is 18.2 Å². The average molecular weight is 237 g/mol. The first-order valence-corrected chi connectivity index (χ1v) is 6.10. The van der Waals surface area contributed by atoms with Crippen molar-refractivity contribution in [3.8, 4) is 0 Å². The topological polar surface area (TPSA) is 58.4 Å². The number of aliphatic carboxylic acids is 1. The van der Waals surface area contributed by atoms with E-state index < -0.39 is 12.0 Å². The Morgan fingerprint density at radius 2 is 2.06 bits per heavy atom. The zero-order valence-electron chi connectivity index (χ0n) is 10.3. The molecule has 0 aliphatic carbocycles. The van der Waals surface area contributed by atoms with Gasteiger partial charge in [0.15, 0.2) is 6.04 Å². The van der Waals surface area contributed by atoms with Gasteiger partial charge < -0.3 is 9.67 Å². The van der Waals surface area contributed by atoms with E-state index in [0.29, 0.717) is 0 Å². The quantitative estimate of drug-likeness (QED) is 0.865. The Hall–Kier alpha value is -1.36. The van der Waals surface area contributed by atoms with Crippen molar-refractivity contribution in [3.05, 3.63) is 18.2 Å². The molecule has 2 heterocycles. The SMILES string of the molecule is CC(C)n1cncc1C(C(=O)O)N1CCCC1. The van der Waals surface area contributed by atoms with Crippen molar-refractivity contribution < 1.29 is 9.90 Å². The van der Waals surface area contributed by atoms with Crippen LogP contribution in [0.3, 0.4) is 0 Å². The summed E-state index contributed by atoms with van der Waals surface area (Å²) in [6.07, 6.45) is 5.56. The Bertz CT molecular complexity index is 394. The van der Waals surface area contributed by atoms with Crippen LogP contribution in [0, 0.1) is 0 Å². The van der Waals surface area contributed by atoms with E-state index in [9.17, 15) is 9.90 Å². The van der Waals surface area contributed by atoms with Gasteiger partial charge in [-0.2, -0.15) is 0 Å². The van der Waals surface area contributed by atoms with E-state index in [2.05, 4.69) is 4.98 Å². The van der Waals surface area contributed by atoms with Crippen molar-refractivity contribution in [2.45, 2.75) is 38.8 Å². The molecule has 0 bridgehead atoms. The third-order valence-electron chi connectivity index (χ3n) is 3.27. The van der Waals surface area contributed by atoms with Gasteiger partial charge in [0.25, 0.3) is 0 Å². The summed E-state index contributed by atoms with van der Waals surface area (Å²) in [5.74, 6) is -0.783. The summed E-state index contributed by atoms with van der Waals surface area (Å²) < 4.78 is 1.94. The molecular formula is C12H19N3O2. The zero-order chi connectivity index (χ0) is 12.4. The summed E-state index contributed by atoms with van der Waals surface area (Å²) in [5.41, 5.74) is 0.786. The predicted molar refractivity (Wildman–Crippen MR) is 63.8 cm³/mol. The van der Waals surface area contributed by atoms with Crippen LogP contribution < -0.4 is 0 Å². The minimum atomic E-state index is -0.783.